The van der Waals surface area contributed by atoms with E-state index < -0.39 is 27.3 Å². The highest BCUT2D eigenvalue weighted by atomic mass is 32.2. The van der Waals surface area contributed by atoms with Crippen molar-refractivity contribution in [2.45, 2.75) is 69.3 Å². The minimum absolute atomic E-state index is 0.0118. The summed E-state index contributed by atoms with van der Waals surface area (Å²) in [5.41, 5.74) is 1.83. The normalized spacial score (nSPS) is 21.2. The number of ether oxygens (including phenoxy) is 1. The third kappa shape index (κ3) is 5.22. The van der Waals surface area contributed by atoms with Crippen LogP contribution in [-0.2, 0) is 9.84 Å². The summed E-state index contributed by atoms with van der Waals surface area (Å²) in [5, 5.41) is 12.1. The molecule has 6 heteroatoms. The Hall–Kier alpha value is -2.05. The maximum Gasteiger partial charge on any atom is 0.179 e. The van der Waals surface area contributed by atoms with Crippen LogP contribution in [0.1, 0.15) is 69.4 Å². The number of hydrogen-bond donors (Lipinski definition) is 1. The van der Waals surface area contributed by atoms with Crippen LogP contribution in [0.5, 0.6) is 5.75 Å². The Morgan fingerprint density at radius 1 is 1.03 bits per heavy atom. The quantitative estimate of drug-likeness (QED) is 0.528. The molecule has 1 aliphatic heterocycles. The number of benzene rings is 2. The largest absolute Gasteiger partial charge is 0.497 e. The second-order valence-electron chi connectivity index (χ2n) is 9.64. The lowest BCUT2D eigenvalue weighted by atomic mass is 9.68. The highest BCUT2D eigenvalue weighted by molar-refractivity contribution is 7.91. The molecule has 0 fully saturated rings. The number of fused-ring (bicyclic) bond motifs is 1. The molecule has 33 heavy (non-hydrogen) atoms. The zero-order chi connectivity index (χ0) is 24.2. The monoisotopic (exact) mass is 473 g/mol. The van der Waals surface area contributed by atoms with Gasteiger partial charge in [0, 0.05) is 31.1 Å². The Morgan fingerprint density at radius 3 is 2.15 bits per heavy atom. The minimum atomic E-state index is -3.58. The molecule has 0 spiro atoms. The van der Waals surface area contributed by atoms with E-state index >= 15 is 0 Å². The lowest BCUT2D eigenvalue weighted by Gasteiger charge is -2.40. The van der Waals surface area contributed by atoms with Gasteiger partial charge in [-0.25, -0.2) is 8.42 Å². The molecular weight excluding hydrogens is 434 g/mol. The molecule has 0 unspecified atom stereocenters. The van der Waals surface area contributed by atoms with Crippen molar-refractivity contribution < 1.29 is 18.3 Å². The fraction of sp³-hybridized carbons (Fsp3) is 0.556. The van der Waals surface area contributed by atoms with Gasteiger partial charge in [0.1, 0.15) is 5.75 Å². The predicted octanol–water partition coefficient (Wildman–Crippen LogP) is 5.41. The Balaban J connectivity index is 2.29. The molecule has 1 N–H and O–H groups in total. The van der Waals surface area contributed by atoms with Crippen molar-refractivity contribution >= 4 is 15.5 Å². The summed E-state index contributed by atoms with van der Waals surface area (Å²) in [5.74, 6) is 0.291. The van der Waals surface area contributed by atoms with Crippen LogP contribution in [0.4, 0.5) is 5.69 Å². The second kappa shape index (κ2) is 10.5. The number of anilines is 1. The van der Waals surface area contributed by atoms with Crippen LogP contribution in [0.15, 0.2) is 47.4 Å². The molecule has 3 rings (SSSR count). The van der Waals surface area contributed by atoms with E-state index in [0.717, 1.165) is 42.7 Å². The van der Waals surface area contributed by atoms with Crippen molar-refractivity contribution in [3.8, 4) is 5.75 Å². The minimum Gasteiger partial charge on any atom is -0.497 e. The summed E-state index contributed by atoms with van der Waals surface area (Å²) in [6, 6.07) is 13.2. The van der Waals surface area contributed by atoms with Gasteiger partial charge in [-0.3, -0.25) is 0 Å². The van der Waals surface area contributed by atoms with Crippen molar-refractivity contribution in [3.05, 3.63) is 53.6 Å². The lowest BCUT2D eigenvalue weighted by Crippen LogP contribution is -2.43. The molecular formula is C27H39NO4S. The van der Waals surface area contributed by atoms with Gasteiger partial charge in [-0.2, -0.15) is 0 Å². The van der Waals surface area contributed by atoms with E-state index in [-0.39, 0.29) is 5.75 Å². The zero-order valence-corrected chi connectivity index (χ0v) is 21.5. The first-order valence-corrected chi connectivity index (χ1v) is 13.7. The van der Waals surface area contributed by atoms with E-state index in [1.165, 1.54) is 0 Å². The van der Waals surface area contributed by atoms with Gasteiger partial charge < -0.3 is 14.7 Å². The van der Waals surface area contributed by atoms with Crippen molar-refractivity contribution in [2.75, 3.05) is 31.9 Å². The summed E-state index contributed by atoms with van der Waals surface area (Å²) < 4.78 is 32.9. The van der Waals surface area contributed by atoms with Gasteiger partial charge in [0.05, 0.1) is 23.9 Å². The number of sulfone groups is 1. The molecule has 0 bridgehead atoms. The summed E-state index contributed by atoms with van der Waals surface area (Å²) >= 11 is 0. The SMILES string of the molecule is CCCCC1(CCCC)CS(=O)(=O)c2ccc(N(C)C)cc2[C@@H](c2ccc(OC)cc2)[C@H]1O. The Morgan fingerprint density at radius 2 is 1.64 bits per heavy atom. The molecule has 182 valence electrons. The third-order valence-corrected chi connectivity index (χ3v) is 9.13. The van der Waals surface area contributed by atoms with Crippen LogP contribution >= 0.6 is 0 Å². The van der Waals surface area contributed by atoms with Crippen LogP contribution in [0.25, 0.3) is 0 Å². The van der Waals surface area contributed by atoms with E-state index in [2.05, 4.69) is 13.8 Å². The van der Waals surface area contributed by atoms with Gasteiger partial charge in [0.15, 0.2) is 9.84 Å². The highest BCUT2D eigenvalue weighted by Crippen LogP contribution is 2.50. The number of rotatable bonds is 9. The zero-order valence-electron chi connectivity index (χ0n) is 20.7. The van der Waals surface area contributed by atoms with Crippen LogP contribution in [0.2, 0.25) is 0 Å². The van der Waals surface area contributed by atoms with Crippen LogP contribution < -0.4 is 9.64 Å². The Bertz CT molecular complexity index is 1020. The van der Waals surface area contributed by atoms with E-state index in [0.29, 0.717) is 23.3 Å². The summed E-state index contributed by atoms with van der Waals surface area (Å²) in [4.78, 5) is 2.32. The molecule has 2 aromatic rings. The first kappa shape index (κ1) is 25.6. The van der Waals surface area contributed by atoms with E-state index in [9.17, 15) is 13.5 Å². The molecule has 2 aromatic carbocycles. The molecule has 0 aromatic heterocycles. The van der Waals surface area contributed by atoms with Gasteiger partial charge in [-0.15, -0.1) is 0 Å². The van der Waals surface area contributed by atoms with Gasteiger partial charge in [0.25, 0.3) is 0 Å². The van der Waals surface area contributed by atoms with Gasteiger partial charge in [0.2, 0.25) is 0 Å². The van der Waals surface area contributed by atoms with Crippen LogP contribution in [-0.4, -0.2) is 46.6 Å². The van der Waals surface area contributed by atoms with Gasteiger partial charge in [-0.05, 0) is 54.3 Å². The maximum absolute atomic E-state index is 13.8. The van der Waals surface area contributed by atoms with Crippen LogP contribution in [0, 0.1) is 5.41 Å². The van der Waals surface area contributed by atoms with Crippen molar-refractivity contribution in [1.82, 2.24) is 0 Å². The smallest absolute Gasteiger partial charge is 0.179 e. The standard InChI is InChI=1S/C27H39NO4S/c1-6-8-16-27(17-9-7-2)19-33(30,31)24-15-12-21(28(3)4)18-23(24)25(26(27)29)20-10-13-22(32-5)14-11-20/h10-15,18,25-26,29H,6-9,16-17,19H2,1-5H3/t25-,26-/m1/s1. The number of unbranched alkanes of at least 4 members (excludes halogenated alkanes) is 2. The third-order valence-electron chi connectivity index (χ3n) is 7.13. The van der Waals surface area contributed by atoms with Crippen molar-refractivity contribution in [2.24, 2.45) is 5.41 Å². The average Bonchev–Trinajstić information content (AvgIpc) is 2.87. The fourth-order valence-corrected chi connectivity index (χ4v) is 7.39. The van der Waals surface area contributed by atoms with E-state index in [1.54, 1.807) is 13.2 Å². The molecule has 0 saturated heterocycles. The molecule has 1 aliphatic rings. The Labute approximate surface area is 199 Å². The molecule has 0 amide bonds. The summed E-state index contributed by atoms with van der Waals surface area (Å²) in [6.07, 6.45) is 4.31. The van der Waals surface area contributed by atoms with Crippen LogP contribution in [0.3, 0.4) is 0 Å². The van der Waals surface area contributed by atoms with Crippen molar-refractivity contribution in [1.29, 1.82) is 0 Å². The van der Waals surface area contributed by atoms with E-state index in [1.807, 2.05) is 55.4 Å². The van der Waals surface area contributed by atoms with Gasteiger partial charge >= 0.3 is 0 Å². The molecule has 2 atom stereocenters. The van der Waals surface area contributed by atoms with Gasteiger partial charge in [-0.1, -0.05) is 51.7 Å². The first-order valence-electron chi connectivity index (χ1n) is 12.0. The average molecular weight is 474 g/mol. The summed E-state index contributed by atoms with van der Waals surface area (Å²) in [7, 11) is 1.93. The number of methoxy groups -OCH3 is 1. The van der Waals surface area contributed by atoms with E-state index in [4.69, 9.17) is 4.74 Å². The lowest BCUT2D eigenvalue weighted by molar-refractivity contribution is 0.0127. The fourth-order valence-electron chi connectivity index (χ4n) is 5.20. The number of aliphatic hydroxyl groups is 1. The molecule has 0 saturated carbocycles. The molecule has 1 heterocycles. The topological polar surface area (TPSA) is 66.8 Å². The first-order chi connectivity index (χ1) is 15.7. The predicted molar refractivity (Wildman–Crippen MR) is 135 cm³/mol. The molecule has 0 radical (unpaired) electrons. The molecule has 5 nitrogen and oxygen atoms in total. The number of nitrogens with zero attached hydrogens (tertiary/aromatic N) is 1. The number of aliphatic hydroxyl groups excluding tert-OH is 1. The number of hydrogen-bond acceptors (Lipinski definition) is 5. The summed E-state index contributed by atoms with van der Waals surface area (Å²) in [6.45, 7) is 4.23. The molecule has 0 aliphatic carbocycles. The Kier molecular flexibility index (Phi) is 8.12. The maximum atomic E-state index is 13.8. The second-order valence-corrected chi connectivity index (χ2v) is 11.6. The highest BCUT2D eigenvalue weighted by Gasteiger charge is 2.49. The van der Waals surface area contributed by atoms with Crippen molar-refractivity contribution in [3.63, 3.8) is 0 Å².